The number of aliphatic hydroxyl groups is 1. The summed E-state index contributed by atoms with van der Waals surface area (Å²) in [5.74, 6) is 0.0710. The maximum Gasteiger partial charge on any atom is 0.330 e. The predicted molar refractivity (Wildman–Crippen MR) is 64.9 cm³/mol. The fourth-order valence-electron chi connectivity index (χ4n) is 2.80. The first-order valence-corrected chi connectivity index (χ1v) is 6.24. The van der Waals surface area contributed by atoms with Gasteiger partial charge >= 0.3 is 5.69 Å². The Hall–Kier alpha value is -1.44. The highest BCUT2D eigenvalue weighted by Gasteiger charge is 2.53. The molecular formula is C12H16N2O5. The first kappa shape index (κ1) is 12.6. The zero-order valence-corrected chi connectivity index (χ0v) is 10.6. The lowest BCUT2D eigenvalue weighted by Crippen LogP contribution is -2.40. The van der Waals surface area contributed by atoms with Crippen LogP contribution >= 0.6 is 0 Å². The molecule has 104 valence electrons. The topological polar surface area (TPSA) is 93.6 Å². The molecule has 3 heterocycles. The van der Waals surface area contributed by atoms with Gasteiger partial charge in [-0.1, -0.05) is 0 Å². The first-order chi connectivity index (χ1) is 9.05. The second-order valence-electron chi connectivity index (χ2n) is 5.22. The molecule has 1 aromatic rings. The normalized spacial score (nSPS) is 33.6. The van der Waals surface area contributed by atoms with Crippen LogP contribution in [0.15, 0.2) is 15.8 Å². The highest BCUT2D eigenvalue weighted by atomic mass is 16.6. The van der Waals surface area contributed by atoms with Crippen LogP contribution in [0.5, 0.6) is 0 Å². The van der Waals surface area contributed by atoms with Crippen LogP contribution in [0.4, 0.5) is 0 Å². The quantitative estimate of drug-likeness (QED) is 0.728. The molecule has 2 fully saturated rings. The van der Waals surface area contributed by atoms with Gasteiger partial charge in [0.25, 0.3) is 5.56 Å². The molecule has 2 saturated heterocycles. The molecule has 0 radical (unpaired) electrons. The molecule has 2 N–H and O–H groups in total. The Morgan fingerprint density at radius 2 is 2.37 bits per heavy atom. The van der Waals surface area contributed by atoms with E-state index in [2.05, 4.69) is 4.98 Å². The largest absolute Gasteiger partial charge is 0.393 e. The molecule has 1 unspecified atom stereocenters. The van der Waals surface area contributed by atoms with Gasteiger partial charge in [0.1, 0.15) is 11.8 Å². The minimum absolute atomic E-state index is 0.0710. The summed E-state index contributed by atoms with van der Waals surface area (Å²) in [5.41, 5.74) is -1.14. The smallest absolute Gasteiger partial charge is 0.330 e. The lowest BCUT2D eigenvalue weighted by Gasteiger charge is -2.25. The Kier molecular flexibility index (Phi) is 2.84. The van der Waals surface area contributed by atoms with Gasteiger partial charge in [0.15, 0.2) is 0 Å². The van der Waals surface area contributed by atoms with Gasteiger partial charge in [-0.25, -0.2) is 4.79 Å². The van der Waals surface area contributed by atoms with Gasteiger partial charge in [-0.05, 0) is 6.92 Å². The number of aromatic nitrogens is 2. The fraction of sp³-hybridized carbons (Fsp3) is 0.667. The summed E-state index contributed by atoms with van der Waals surface area (Å²) in [5, 5.41) is 9.51. The maximum atomic E-state index is 11.8. The molecule has 0 saturated carbocycles. The molecule has 0 bridgehead atoms. The average molecular weight is 268 g/mol. The zero-order chi connectivity index (χ0) is 13.6. The highest BCUT2D eigenvalue weighted by molar-refractivity contribution is 5.04. The number of nitrogens with zero attached hydrogens (tertiary/aromatic N) is 1. The van der Waals surface area contributed by atoms with Crippen LogP contribution in [0.25, 0.3) is 0 Å². The van der Waals surface area contributed by atoms with Crippen molar-refractivity contribution in [3.63, 3.8) is 0 Å². The molecule has 7 heteroatoms. The van der Waals surface area contributed by atoms with Crippen molar-refractivity contribution >= 4 is 0 Å². The van der Waals surface area contributed by atoms with E-state index in [9.17, 15) is 14.7 Å². The average Bonchev–Trinajstić information content (AvgIpc) is 2.90. The van der Waals surface area contributed by atoms with E-state index in [-0.39, 0.29) is 18.1 Å². The number of aromatic amines is 1. The van der Waals surface area contributed by atoms with E-state index in [0.717, 1.165) is 0 Å². The Morgan fingerprint density at radius 1 is 1.58 bits per heavy atom. The number of nitrogens with one attached hydrogen (secondary N) is 1. The van der Waals surface area contributed by atoms with Gasteiger partial charge in [-0.3, -0.25) is 14.3 Å². The van der Waals surface area contributed by atoms with E-state index in [1.165, 1.54) is 10.8 Å². The van der Waals surface area contributed by atoms with Crippen LogP contribution in [0.1, 0.15) is 18.2 Å². The van der Waals surface area contributed by atoms with Gasteiger partial charge in [0, 0.05) is 24.1 Å². The molecule has 0 amide bonds. The Balaban J connectivity index is 1.96. The van der Waals surface area contributed by atoms with E-state index < -0.39 is 17.5 Å². The van der Waals surface area contributed by atoms with E-state index in [1.807, 2.05) is 0 Å². The third-order valence-corrected chi connectivity index (χ3v) is 3.99. The minimum Gasteiger partial charge on any atom is -0.393 e. The maximum absolute atomic E-state index is 11.8. The Morgan fingerprint density at radius 3 is 3.05 bits per heavy atom. The lowest BCUT2D eigenvalue weighted by molar-refractivity contribution is -0.112. The molecule has 2 aliphatic heterocycles. The summed E-state index contributed by atoms with van der Waals surface area (Å²) in [6.07, 6.45) is 1.62. The molecule has 0 spiro atoms. The third kappa shape index (κ3) is 1.85. The van der Waals surface area contributed by atoms with Crippen LogP contribution in [-0.4, -0.2) is 40.1 Å². The molecule has 19 heavy (non-hydrogen) atoms. The monoisotopic (exact) mass is 268 g/mol. The summed E-state index contributed by atoms with van der Waals surface area (Å²) in [6, 6.07) is 0. The van der Waals surface area contributed by atoms with Crippen molar-refractivity contribution in [3.05, 3.63) is 32.6 Å². The predicted octanol–water partition coefficient (Wildman–Crippen LogP) is -0.859. The van der Waals surface area contributed by atoms with Crippen LogP contribution < -0.4 is 11.2 Å². The molecule has 0 aliphatic carbocycles. The molecule has 7 nitrogen and oxygen atoms in total. The molecule has 1 aromatic heterocycles. The number of hydrogen-bond acceptors (Lipinski definition) is 5. The molecule has 0 aromatic carbocycles. The summed E-state index contributed by atoms with van der Waals surface area (Å²) >= 11 is 0. The van der Waals surface area contributed by atoms with Gasteiger partial charge in [0.2, 0.25) is 0 Å². The standard InChI is InChI=1S/C12H16N2O5/c1-7-3-14(11(17)13-10(7)16)9-2-8-4-18-6-12(8,5-15)19-9/h3,8-9,15H,2,4-6H2,1H3,(H,13,16,17)/t8?,9-,12+/m1/s1. The number of hydrogen-bond donors (Lipinski definition) is 2. The second kappa shape index (κ2) is 4.29. The molecule has 2 aliphatic rings. The summed E-state index contributed by atoms with van der Waals surface area (Å²) in [4.78, 5) is 25.4. The number of fused-ring (bicyclic) bond motifs is 1. The lowest BCUT2D eigenvalue weighted by atomic mass is 9.91. The minimum atomic E-state index is -0.714. The Bertz CT molecular complexity index is 607. The van der Waals surface area contributed by atoms with Crippen LogP contribution in [-0.2, 0) is 9.47 Å². The number of ether oxygens (including phenoxy) is 2. The number of H-pyrrole nitrogens is 1. The Labute approximate surface area is 108 Å². The second-order valence-corrected chi connectivity index (χ2v) is 5.22. The van der Waals surface area contributed by atoms with Crippen molar-refractivity contribution in [2.75, 3.05) is 19.8 Å². The molecule has 3 atom stereocenters. The fourth-order valence-corrected chi connectivity index (χ4v) is 2.80. The van der Waals surface area contributed by atoms with Crippen molar-refractivity contribution < 1.29 is 14.6 Å². The highest BCUT2D eigenvalue weighted by Crippen LogP contribution is 2.44. The summed E-state index contributed by atoms with van der Waals surface area (Å²) in [7, 11) is 0. The SMILES string of the molecule is Cc1cn([C@H]2CC3COC[C@]3(CO)O2)c(=O)[nH]c1=O. The molecule has 3 rings (SSSR count). The van der Waals surface area contributed by atoms with Crippen LogP contribution in [0.3, 0.4) is 0 Å². The van der Waals surface area contributed by atoms with E-state index in [4.69, 9.17) is 9.47 Å². The van der Waals surface area contributed by atoms with Gasteiger partial charge in [-0.2, -0.15) is 0 Å². The van der Waals surface area contributed by atoms with Crippen molar-refractivity contribution in [1.82, 2.24) is 9.55 Å². The van der Waals surface area contributed by atoms with Crippen molar-refractivity contribution in [3.8, 4) is 0 Å². The summed E-state index contributed by atoms with van der Waals surface area (Å²) < 4.78 is 12.6. The first-order valence-electron chi connectivity index (χ1n) is 6.24. The summed E-state index contributed by atoms with van der Waals surface area (Å²) in [6.45, 7) is 2.36. The third-order valence-electron chi connectivity index (χ3n) is 3.99. The van der Waals surface area contributed by atoms with E-state index in [0.29, 0.717) is 25.2 Å². The van der Waals surface area contributed by atoms with Crippen molar-refractivity contribution in [2.24, 2.45) is 5.92 Å². The van der Waals surface area contributed by atoms with Gasteiger partial charge < -0.3 is 14.6 Å². The zero-order valence-electron chi connectivity index (χ0n) is 10.6. The number of aliphatic hydroxyl groups excluding tert-OH is 1. The van der Waals surface area contributed by atoms with Crippen LogP contribution in [0.2, 0.25) is 0 Å². The number of rotatable bonds is 2. The van der Waals surface area contributed by atoms with E-state index >= 15 is 0 Å². The van der Waals surface area contributed by atoms with Crippen molar-refractivity contribution in [2.45, 2.75) is 25.2 Å². The molecular weight excluding hydrogens is 252 g/mol. The van der Waals surface area contributed by atoms with Gasteiger partial charge in [0.05, 0.1) is 19.8 Å². The van der Waals surface area contributed by atoms with Gasteiger partial charge in [-0.15, -0.1) is 0 Å². The number of aryl methyl sites for hydroxylation is 1. The van der Waals surface area contributed by atoms with Crippen molar-refractivity contribution in [1.29, 1.82) is 0 Å². The van der Waals surface area contributed by atoms with E-state index in [1.54, 1.807) is 6.92 Å². The van der Waals surface area contributed by atoms with Crippen LogP contribution in [0, 0.1) is 12.8 Å².